The normalized spacial score (nSPS) is 11.6. The molecule has 186 valence electrons. The molecule has 0 saturated carbocycles. The van der Waals surface area contributed by atoms with E-state index in [1.807, 2.05) is 24.5 Å². The maximum Gasteiger partial charge on any atom is 0.229 e. The molecule has 1 aromatic heterocycles. The van der Waals surface area contributed by atoms with Gasteiger partial charge in [0.1, 0.15) is 5.82 Å². The Balaban J connectivity index is 0.00000408. The van der Waals surface area contributed by atoms with Gasteiger partial charge >= 0.3 is 0 Å². The van der Waals surface area contributed by atoms with Crippen LogP contribution >= 0.6 is 35.5 Å². The zero-order valence-corrected chi connectivity index (χ0v) is 22.6. The van der Waals surface area contributed by atoms with Gasteiger partial charge in [-0.2, -0.15) is 0 Å². The fourth-order valence-corrected chi connectivity index (χ4v) is 6.15. The summed E-state index contributed by atoms with van der Waals surface area (Å²) in [5.74, 6) is -1.15. The first-order valence-corrected chi connectivity index (χ1v) is 14.4. The zero-order valence-electron chi connectivity index (χ0n) is 19.4. The van der Waals surface area contributed by atoms with Crippen LogP contribution < -0.4 is 4.90 Å². The van der Waals surface area contributed by atoms with Crippen molar-refractivity contribution >= 4 is 66.6 Å². The van der Waals surface area contributed by atoms with Crippen molar-refractivity contribution in [3.8, 4) is 0 Å². The third-order valence-corrected chi connectivity index (χ3v) is 8.91. The molecule has 0 unspecified atom stereocenters. The lowest BCUT2D eigenvalue weighted by molar-refractivity contribution is -0.118. The molecule has 2 aromatic carbocycles. The van der Waals surface area contributed by atoms with E-state index in [9.17, 15) is 17.6 Å². The Morgan fingerprint density at radius 2 is 1.76 bits per heavy atom. The van der Waals surface area contributed by atoms with Crippen LogP contribution in [0.4, 0.5) is 9.52 Å². The molecule has 0 N–H and O–H groups in total. The van der Waals surface area contributed by atoms with Crippen LogP contribution in [0.5, 0.6) is 0 Å². The van der Waals surface area contributed by atoms with E-state index in [0.717, 1.165) is 40.3 Å². The van der Waals surface area contributed by atoms with E-state index in [1.165, 1.54) is 23.5 Å². The number of sulfone groups is 1. The van der Waals surface area contributed by atoms with Crippen LogP contribution in [0.3, 0.4) is 0 Å². The molecule has 0 fully saturated rings. The lowest BCUT2D eigenvalue weighted by atomic mass is 10.3. The highest BCUT2D eigenvalue weighted by Gasteiger charge is 2.24. The number of carbonyl (C=O) groups excluding carboxylic acids is 1. The highest BCUT2D eigenvalue weighted by molar-refractivity contribution is 7.98. The number of amides is 1. The lowest BCUT2D eigenvalue weighted by Gasteiger charge is -2.24. The van der Waals surface area contributed by atoms with Gasteiger partial charge in [0.25, 0.3) is 0 Å². The number of hydrogen-bond donors (Lipinski definition) is 0. The Morgan fingerprint density at radius 1 is 1.09 bits per heavy atom. The number of thioether (sulfide) groups is 1. The summed E-state index contributed by atoms with van der Waals surface area (Å²) in [6.07, 6.45) is 1.83. The molecule has 3 rings (SSSR count). The monoisotopic (exact) mass is 545 g/mol. The summed E-state index contributed by atoms with van der Waals surface area (Å²) in [6, 6.07) is 10.6. The number of hydrogen-bond acceptors (Lipinski definition) is 7. The van der Waals surface area contributed by atoms with Crippen molar-refractivity contribution in [1.29, 1.82) is 0 Å². The number of likely N-dealkylation sites (N-methyl/N-ethyl adjacent to an activating group) is 1. The maximum absolute atomic E-state index is 13.2. The molecule has 0 aliphatic heterocycles. The molecule has 34 heavy (non-hydrogen) atoms. The minimum absolute atomic E-state index is 0. The van der Waals surface area contributed by atoms with Crippen molar-refractivity contribution in [3.63, 3.8) is 0 Å². The molecule has 0 aliphatic carbocycles. The molecule has 0 bridgehead atoms. The number of benzene rings is 2. The van der Waals surface area contributed by atoms with Crippen molar-refractivity contribution in [1.82, 2.24) is 9.88 Å². The van der Waals surface area contributed by atoms with E-state index in [1.54, 1.807) is 16.7 Å². The van der Waals surface area contributed by atoms with Gasteiger partial charge in [0.15, 0.2) is 15.0 Å². The smallest absolute Gasteiger partial charge is 0.229 e. The Hall–Kier alpha value is -1.72. The number of halogens is 2. The highest BCUT2D eigenvalue weighted by Crippen LogP contribution is 2.32. The van der Waals surface area contributed by atoms with Crippen LogP contribution in [-0.4, -0.2) is 62.4 Å². The van der Waals surface area contributed by atoms with E-state index >= 15 is 0 Å². The molecule has 0 saturated heterocycles. The van der Waals surface area contributed by atoms with Gasteiger partial charge in [-0.25, -0.2) is 17.8 Å². The first kappa shape index (κ1) is 28.5. The predicted molar refractivity (Wildman–Crippen MR) is 142 cm³/mol. The van der Waals surface area contributed by atoms with E-state index in [4.69, 9.17) is 0 Å². The summed E-state index contributed by atoms with van der Waals surface area (Å²) in [4.78, 5) is 22.8. The van der Waals surface area contributed by atoms with Crippen LogP contribution in [0.25, 0.3) is 10.2 Å². The summed E-state index contributed by atoms with van der Waals surface area (Å²) in [5, 5.41) is 0.569. The molecular formula is C23H29ClFN3O3S3. The molecule has 11 heteroatoms. The predicted octanol–water partition coefficient (Wildman–Crippen LogP) is 5.12. The average molecular weight is 546 g/mol. The van der Waals surface area contributed by atoms with Crippen LogP contribution in [0.15, 0.2) is 52.3 Å². The van der Waals surface area contributed by atoms with Gasteiger partial charge in [-0.1, -0.05) is 25.2 Å². The Labute approximate surface area is 214 Å². The first-order valence-electron chi connectivity index (χ1n) is 10.7. The van der Waals surface area contributed by atoms with Crippen molar-refractivity contribution < 1.29 is 17.6 Å². The average Bonchev–Trinajstić information content (AvgIpc) is 3.23. The molecule has 0 spiro atoms. The molecule has 0 atom stereocenters. The maximum atomic E-state index is 13.2. The van der Waals surface area contributed by atoms with Gasteiger partial charge in [0.05, 0.1) is 20.9 Å². The Kier molecular flexibility index (Phi) is 10.8. The van der Waals surface area contributed by atoms with Crippen molar-refractivity contribution in [2.45, 2.75) is 30.1 Å². The molecule has 0 radical (unpaired) electrons. The van der Waals surface area contributed by atoms with Crippen LogP contribution in [0.2, 0.25) is 0 Å². The third-order valence-electron chi connectivity index (χ3n) is 5.41. The lowest BCUT2D eigenvalue weighted by Crippen LogP contribution is -2.39. The number of nitrogens with zero attached hydrogens (tertiary/aromatic N) is 3. The first-order chi connectivity index (χ1) is 15.8. The van der Waals surface area contributed by atoms with Crippen LogP contribution in [0, 0.1) is 5.82 Å². The molecule has 0 aliphatic rings. The van der Waals surface area contributed by atoms with Crippen molar-refractivity contribution in [2.75, 3.05) is 43.1 Å². The second-order valence-corrected chi connectivity index (χ2v) is 11.4. The number of rotatable bonds is 11. The van der Waals surface area contributed by atoms with Crippen molar-refractivity contribution in [2.24, 2.45) is 0 Å². The number of thiazole rings is 1. The number of anilines is 1. The van der Waals surface area contributed by atoms with Gasteiger partial charge in [-0.05, 0) is 61.8 Å². The second kappa shape index (κ2) is 12.8. The van der Waals surface area contributed by atoms with Crippen LogP contribution in [-0.2, 0) is 14.6 Å². The van der Waals surface area contributed by atoms with Gasteiger partial charge in [-0.15, -0.1) is 24.2 Å². The van der Waals surface area contributed by atoms with E-state index < -0.39 is 15.7 Å². The second-order valence-electron chi connectivity index (χ2n) is 7.43. The van der Waals surface area contributed by atoms with E-state index in [0.29, 0.717) is 18.2 Å². The standard InChI is InChI=1S/C23H28FN3O3S3.ClH/c1-4-26(5-2)13-14-27(23-25-20-11-8-18(31-3)16-21(20)32-23)22(28)12-15-33(29,30)19-9-6-17(24)7-10-19;/h6-11,16H,4-5,12-15H2,1-3H3;1H. The summed E-state index contributed by atoms with van der Waals surface area (Å²) in [6.45, 7) is 6.92. The van der Waals surface area contributed by atoms with Crippen molar-refractivity contribution in [3.05, 3.63) is 48.3 Å². The molecule has 1 amide bonds. The fourth-order valence-electron chi connectivity index (χ4n) is 3.36. The quantitative estimate of drug-likeness (QED) is 0.246. The molecule has 6 nitrogen and oxygen atoms in total. The molecule has 1 heterocycles. The molecule has 3 aromatic rings. The minimum atomic E-state index is -3.71. The summed E-state index contributed by atoms with van der Waals surface area (Å²) in [5.41, 5.74) is 0.812. The van der Waals surface area contributed by atoms with Crippen LogP contribution in [0.1, 0.15) is 20.3 Å². The Bertz CT molecular complexity index is 1200. The van der Waals surface area contributed by atoms with Gasteiger partial charge in [-0.3, -0.25) is 9.69 Å². The fraction of sp³-hybridized carbons (Fsp3) is 0.391. The third kappa shape index (κ3) is 7.14. The summed E-state index contributed by atoms with van der Waals surface area (Å²) < 4.78 is 39.5. The zero-order chi connectivity index (χ0) is 24.0. The topological polar surface area (TPSA) is 70.6 Å². The number of carbonyl (C=O) groups is 1. The number of fused-ring (bicyclic) bond motifs is 1. The van der Waals surface area contributed by atoms with Gasteiger partial charge < -0.3 is 4.90 Å². The number of aromatic nitrogens is 1. The summed E-state index contributed by atoms with van der Waals surface area (Å²) in [7, 11) is -3.71. The SMILES string of the molecule is CCN(CC)CCN(C(=O)CCS(=O)(=O)c1ccc(F)cc1)c1nc2ccc(SC)cc2s1.Cl. The van der Waals surface area contributed by atoms with Gasteiger partial charge in [0, 0.05) is 24.4 Å². The van der Waals surface area contributed by atoms with E-state index in [-0.39, 0.29) is 35.4 Å². The molecular weight excluding hydrogens is 517 g/mol. The highest BCUT2D eigenvalue weighted by atomic mass is 35.5. The van der Waals surface area contributed by atoms with Gasteiger partial charge in [0.2, 0.25) is 5.91 Å². The van der Waals surface area contributed by atoms with E-state index in [2.05, 4.69) is 23.7 Å². The largest absolute Gasteiger partial charge is 0.302 e. The Morgan fingerprint density at radius 3 is 2.38 bits per heavy atom. The summed E-state index contributed by atoms with van der Waals surface area (Å²) >= 11 is 3.07. The minimum Gasteiger partial charge on any atom is -0.302 e.